The standard InChI is InChI=1S/C10H21N/c1-3-4-9-5-6-10(11)8(2)7-9/h8-10H,3-7,11H2,1-2H3/t8?,9?,10-/m0/s1. The predicted molar refractivity (Wildman–Crippen MR) is 49.4 cm³/mol. The molecule has 3 atom stereocenters. The molecule has 0 radical (unpaired) electrons. The number of hydrogen-bond acceptors (Lipinski definition) is 1. The normalized spacial score (nSPS) is 39.0. The minimum absolute atomic E-state index is 0.489. The van der Waals surface area contributed by atoms with E-state index in [9.17, 15) is 0 Å². The molecule has 1 heteroatoms. The zero-order valence-corrected chi connectivity index (χ0v) is 7.84. The van der Waals surface area contributed by atoms with Crippen LogP contribution in [0.2, 0.25) is 0 Å². The molecule has 11 heavy (non-hydrogen) atoms. The van der Waals surface area contributed by atoms with Crippen LogP contribution in [0.25, 0.3) is 0 Å². The van der Waals surface area contributed by atoms with Crippen molar-refractivity contribution in [3.8, 4) is 0 Å². The first-order valence-corrected chi connectivity index (χ1v) is 4.99. The molecule has 1 nitrogen and oxygen atoms in total. The second-order valence-electron chi connectivity index (χ2n) is 4.11. The molecule has 0 aliphatic heterocycles. The van der Waals surface area contributed by atoms with Gasteiger partial charge in [-0.05, 0) is 31.1 Å². The van der Waals surface area contributed by atoms with E-state index in [1.54, 1.807) is 0 Å². The minimum Gasteiger partial charge on any atom is -0.327 e. The molecule has 2 unspecified atom stereocenters. The quantitative estimate of drug-likeness (QED) is 0.651. The van der Waals surface area contributed by atoms with E-state index >= 15 is 0 Å². The van der Waals surface area contributed by atoms with Crippen LogP contribution in [0.5, 0.6) is 0 Å². The molecular formula is C10H21N. The lowest BCUT2D eigenvalue weighted by molar-refractivity contribution is 0.237. The third kappa shape index (κ3) is 2.48. The SMILES string of the molecule is CCCC1CC[C@H](N)C(C)C1. The average Bonchev–Trinajstić information content (AvgIpc) is 1.98. The van der Waals surface area contributed by atoms with Crippen LogP contribution < -0.4 is 5.73 Å². The molecule has 0 amide bonds. The van der Waals surface area contributed by atoms with Crippen LogP contribution in [0, 0.1) is 11.8 Å². The van der Waals surface area contributed by atoms with Crippen molar-refractivity contribution in [2.45, 2.75) is 52.0 Å². The Kier molecular flexibility index (Phi) is 3.38. The summed E-state index contributed by atoms with van der Waals surface area (Å²) in [6.07, 6.45) is 6.75. The van der Waals surface area contributed by atoms with Crippen molar-refractivity contribution < 1.29 is 0 Å². The maximum Gasteiger partial charge on any atom is 0.00647 e. The van der Waals surface area contributed by atoms with Gasteiger partial charge in [-0.25, -0.2) is 0 Å². The Morgan fingerprint density at radius 3 is 2.64 bits per heavy atom. The fourth-order valence-electron chi connectivity index (χ4n) is 2.20. The summed E-state index contributed by atoms with van der Waals surface area (Å²) in [5, 5.41) is 0. The molecule has 1 rings (SSSR count). The third-order valence-electron chi connectivity index (χ3n) is 3.04. The second kappa shape index (κ2) is 4.10. The van der Waals surface area contributed by atoms with Crippen molar-refractivity contribution in [2.75, 3.05) is 0 Å². The van der Waals surface area contributed by atoms with Crippen LogP contribution >= 0.6 is 0 Å². The highest BCUT2D eigenvalue weighted by atomic mass is 14.7. The van der Waals surface area contributed by atoms with E-state index in [0.29, 0.717) is 6.04 Å². The molecule has 1 aliphatic carbocycles. The number of nitrogens with two attached hydrogens (primary N) is 1. The van der Waals surface area contributed by atoms with Gasteiger partial charge in [0.1, 0.15) is 0 Å². The summed E-state index contributed by atoms with van der Waals surface area (Å²) in [7, 11) is 0. The van der Waals surface area contributed by atoms with Crippen LogP contribution in [0.1, 0.15) is 46.0 Å². The topological polar surface area (TPSA) is 26.0 Å². The van der Waals surface area contributed by atoms with Crippen molar-refractivity contribution in [3.63, 3.8) is 0 Å². The van der Waals surface area contributed by atoms with Gasteiger partial charge in [0.25, 0.3) is 0 Å². The zero-order valence-electron chi connectivity index (χ0n) is 7.84. The smallest absolute Gasteiger partial charge is 0.00647 e. The van der Waals surface area contributed by atoms with Crippen molar-refractivity contribution in [3.05, 3.63) is 0 Å². The molecule has 1 fully saturated rings. The van der Waals surface area contributed by atoms with Gasteiger partial charge in [0.15, 0.2) is 0 Å². The fraction of sp³-hybridized carbons (Fsp3) is 1.00. The highest BCUT2D eigenvalue weighted by molar-refractivity contribution is 4.79. The van der Waals surface area contributed by atoms with Gasteiger partial charge < -0.3 is 5.73 Å². The summed E-state index contributed by atoms with van der Waals surface area (Å²) < 4.78 is 0. The molecule has 1 aliphatic rings. The Hall–Kier alpha value is -0.0400. The maximum absolute atomic E-state index is 5.94. The molecule has 0 saturated heterocycles. The molecule has 0 heterocycles. The summed E-state index contributed by atoms with van der Waals surface area (Å²) in [6.45, 7) is 4.58. The number of rotatable bonds is 2. The third-order valence-corrected chi connectivity index (χ3v) is 3.04. The highest BCUT2D eigenvalue weighted by Crippen LogP contribution is 2.30. The highest BCUT2D eigenvalue weighted by Gasteiger charge is 2.23. The van der Waals surface area contributed by atoms with E-state index in [1.807, 2.05) is 0 Å². The Balaban J connectivity index is 2.28. The molecular weight excluding hydrogens is 134 g/mol. The van der Waals surface area contributed by atoms with Crippen molar-refractivity contribution in [1.82, 2.24) is 0 Å². The Morgan fingerprint density at radius 2 is 2.09 bits per heavy atom. The first-order chi connectivity index (χ1) is 5.24. The van der Waals surface area contributed by atoms with E-state index in [0.717, 1.165) is 11.8 Å². The lowest BCUT2D eigenvalue weighted by Crippen LogP contribution is -2.34. The van der Waals surface area contributed by atoms with E-state index in [1.165, 1.54) is 32.1 Å². The van der Waals surface area contributed by atoms with Crippen molar-refractivity contribution in [1.29, 1.82) is 0 Å². The lowest BCUT2D eigenvalue weighted by Gasteiger charge is -2.31. The Labute approximate surface area is 70.4 Å². The van der Waals surface area contributed by atoms with Gasteiger partial charge in [-0.15, -0.1) is 0 Å². The van der Waals surface area contributed by atoms with Gasteiger partial charge in [-0.1, -0.05) is 26.7 Å². The van der Waals surface area contributed by atoms with Crippen LogP contribution in [0.4, 0.5) is 0 Å². The molecule has 1 saturated carbocycles. The number of hydrogen-bond donors (Lipinski definition) is 1. The Bertz CT molecular complexity index is 111. The molecule has 2 N–H and O–H groups in total. The average molecular weight is 155 g/mol. The van der Waals surface area contributed by atoms with Gasteiger partial charge in [0.2, 0.25) is 0 Å². The van der Waals surface area contributed by atoms with Gasteiger partial charge in [0.05, 0.1) is 0 Å². The van der Waals surface area contributed by atoms with Crippen LogP contribution in [0.15, 0.2) is 0 Å². The Morgan fingerprint density at radius 1 is 1.36 bits per heavy atom. The minimum atomic E-state index is 0.489. The molecule has 0 aromatic rings. The van der Waals surface area contributed by atoms with Crippen LogP contribution in [-0.2, 0) is 0 Å². The van der Waals surface area contributed by atoms with Crippen molar-refractivity contribution >= 4 is 0 Å². The molecule has 0 aromatic carbocycles. The molecule has 0 aromatic heterocycles. The zero-order chi connectivity index (χ0) is 8.27. The fourth-order valence-corrected chi connectivity index (χ4v) is 2.20. The first kappa shape index (κ1) is 9.05. The molecule has 0 bridgehead atoms. The van der Waals surface area contributed by atoms with Gasteiger partial charge in [-0.2, -0.15) is 0 Å². The van der Waals surface area contributed by atoms with Gasteiger partial charge in [-0.3, -0.25) is 0 Å². The van der Waals surface area contributed by atoms with E-state index in [-0.39, 0.29) is 0 Å². The van der Waals surface area contributed by atoms with E-state index < -0.39 is 0 Å². The molecule has 0 spiro atoms. The van der Waals surface area contributed by atoms with E-state index in [2.05, 4.69) is 13.8 Å². The summed E-state index contributed by atoms with van der Waals surface area (Å²) in [5.41, 5.74) is 5.94. The van der Waals surface area contributed by atoms with Gasteiger partial charge in [0, 0.05) is 6.04 Å². The summed E-state index contributed by atoms with van der Waals surface area (Å²) in [4.78, 5) is 0. The largest absolute Gasteiger partial charge is 0.327 e. The second-order valence-corrected chi connectivity index (χ2v) is 4.11. The van der Waals surface area contributed by atoms with Crippen molar-refractivity contribution in [2.24, 2.45) is 17.6 Å². The molecule has 66 valence electrons. The maximum atomic E-state index is 5.94. The predicted octanol–water partition coefficient (Wildman–Crippen LogP) is 2.55. The summed E-state index contributed by atoms with van der Waals surface area (Å²) in [6, 6.07) is 0.489. The lowest BCUT2D eigenvalue weighted by atomic mass is 9.78. The van der Waals surface area contributed by atoms with Gasteiger partial charge >= 0.3 is 0 Å². The summed E-state index contributed by atoms with van der Waals surface area (Å²) in [5.74, 6) is 1.75. The monoisotopic (exact) mass is 155 g/mol. The van der Waals surface area contributed by atoms with E-state index in [4.69, 9.17) is 5.73 Å². The van der Waals surface area contributed by atoms with Crippen LogP contribution in [-0.4, -0.2) is 6.04 Å². The first-order valence-electron chi connectivity index (χ1n) is 4.99. The summed E-state index contributed by atoms with van der Waals surface area (Å²) >= 11 is 0. The van der Waals surface area contributed by atoms with Crippen LogP contribution in [0.3, 0.4) is 0 Å².